The molecular formula is C45H60N4O5. The predicted molar refractivity (Wildman–Crippen MR) is 214 cm³/mol. The summed E-state index contributed by atoms with van der Waals surface area (Å²) < 4.78 is 11.0. The highest BCUT2D eigenvalue weighted by Gasteiger charge is 2.48. The first-order chi connectivity index (χ1) is 25.8. The number of allylic oxidation sites excluding steroid dienone is 3. The molecule has 5 heterocycles. The molecule has 54 heavy (non-hydrogen) atoms. The van der Waals surface area contributed by atoms with Crippen LogP contribution in [-0.2, 0) is 44.7 Å². The molecule has 0 saturated carbocycles. The number of fused-ring (bicyclic) bond motifs is 7. The van der Waals surface area contributed by atoms with E-state index in [1.807, 2.05) is 13.0 Å². The zero-order chi connectivity index (χ0) is 39.0. The summed E-state index contributed by atoms with van der Waals surface area (Å²) in [7, 11) is 1.33. The van der Waals surface area contributed by atoms with Gasteiger partial charge in [-0.25, -0.2) is 0 Å². The first-order valence-corrected chi connectivity index (χ1v) is 20.1. The smallest absolute Gasteiger partial charge is 0.321 e. The van der Waals surface area contributed by atoms with Crippen LogP contribution in [0.1, 0.15) is 146 Å². The van der Waals surface area contributed by atoms with Crippen LogP contribution < -0.4 is 5.32 Å². The largest absolute Gasteiger partial charge is 0.468 e. The summed E-state index contributed by atoms with van der Waals surface area (Å²) in [6.07, 6.45) is 11.4. The van der Waals surface area contributed by atoms with Gasteiger partial charge < -0.3 is 29.7 Å². The summed E-state index contributed by atoms with van der Waals surface area (Å²) in [5, 5.41) is 3.73. The molecule has 2 aliphatic heterocycles. The van der Waals surface area contributed by atoms with Crippen molar-refractivity contribution in [1.82, 2.24) is 20.3 Å². The van der Waals surface area contributed by atoms with E-state index in [9.17, 15) is 14.4 Å². The summed E-state index contributed by atoms with van der Waals surface area (Å²) in [5.74, 6) is -1.75. The molecular weight excluding hydrogens is 677 g/mol. The van der Waals surface area contributed by atoms with E-state index in [4.69, 9.17) is 9.47 Å². The van der Waals surface area contributed by atoms with Gasteiger partial charge in [0.1, 0.15) is 12.5 Å². The van der Waals surface area contributed by atoms with Crippen LogP contribution in [0.4, 0.5) is 0 Å². The molecule has 3 aromatic heterocycles. The number of carbonyl (C=O) groups excluding carboxylic acids is 3. The van der Waals surface area contributed by atoms with Gasteiger partial charge in [-0.05, 0) is 106 Å². The number of ketones is 1. The van der Waals surface area contributed by atoms with E-state index in [0.29, 0.717) is 35.6 Å². The van der Waals surface area contributed by atoms with E-state index in [1.165, 1.54) is 52.7 Å². The Balaban J connectivity index is 1.43. The number of Topliss-reactive ketones (excluding diaryl/α,β-unsaturated/α-hetero) is 1. The number of aromatic amines is 3. The Morgan fingerprint density at radius 2 is 1.59 bits per heavy atom. The van der Waals surface area contributed by atoms with Gasteiger partial charge in [-0.1, -0.05) is 46.6 Å². The van der Waals surface area contributed by atoms with Gasteiger partial charge in [0.2, 0.25) is 0 Å². The van der Waals surface area contributed by atoms with E-state index >= 15 is 0 Å². The second kappa shape index (κ2) is 16.1. The highest BCUT2D eigenvalue weighted by Crippen LogP contribution is 2.48. The normalized spacial score (nSPS) is 21.8. The van der Waals surface area contributed by atoms with Crippen LogP contribution in [0.2, 0.25) is 0 Å². The Labute approximate surface area is 320 Å². The lowest BCUT2D eigenvalue weighted by atomic mass is 9.85. The Kier molecular flexibility index (Phi) is 11.6. The Bertz CT molecular complexity index is 2050. The van der Waals surface area contributed by atoms with Gasteiger partial charge in [0.15, 0.2) is 5.78 Å². The van der Waals surface area contributed by atoms with Crippen LogP contribution in [0.5, 0.6) is 0 Å². The number of esters is 2. The highest BCUT2D eigenvalue weighted by molar-refractivity contribution is 6.24. The maximum atomic E-state index is 14.3. The maximum absolute atomic E-state index is 14.3. The molecule has 0 spiro atoms. The molecule has 0 unspecified atom stereocenters. The number of H-pyrrole nitrogens is 3. The SMILES string of the molecule is CCc1c2[nH]c(c1C)/C=C1\N/C(=C3\c4[nH]c(c(C)c4C(=O)[C@@H]3C(=O)OC)Cc3[nH]c(c(C)c3CC)C2)[C@@H](CCC(=O)OC/C=C(\C)CCCC(C)C)[C@@H]1C. The standard InChI is InChI=1S/C45H60N4O5/c1-11-29-25(6)32-20-34-27(8)31(16-17-38(50)54-19-18-24(5)15-13-14-23(3)4)42(48-34)40-41(45(52)53-10)44(51)39-28(9)35(49-43(39)40)22-37-30(12-2)26(7)33(47-37)21-36(29)46-32/h18,20,23,27,31,41,46-49H,11-17,19,21-22H2,1-10H3/b24-18+,34-20-,42-40-/t27-,31-,41+/m0/s1. The minimum atomic E-state index is -1.11. The van der Waals surface area contributed by atoms with E-state index < -0.39 is 11.9 Å². The molecule has 0 radical (unpaired) electrons. The van der Waals surface area contributed by atoms with Crippen molar-refractivity contribution in [2.45, 2.75) is 120 Å². The van der Waals surface area contributed by atoms with Gasteiger partial charge >= 0.3 is 11.9 Å². The number of hydrogen-bond acceptors (Lipinski definition) is 6. The second-order valence-corrected chi connectivity index (χ2v) is 16.2. The van der Waals surface area contributed by atoms with Crippen molar-refractivity contribution in [3.8, 4) is 0 Å². The molecule has 290 valence electrons. The van der Waals surface area contributed by atoms with Gasteiger partial charge in [0.25, 0.3) is 0 Å². The molecule has 1 aliphatic carbocycles. The molecule has 3 atom stereocenters. The van der Waals surface area contributed by atoms with Crippen molar-refractivity contribution < 1.29 is 23.9 Å². The third-order valence-electron chi connectivity index (χ3n) is 12.4. The predicted octanol–water partition coefficient (Wildman–Crippen LogP) is 8.91. The molecule has 3 aliphatic rings. The second-order valence-electron chi connectivity index (χ2n) is 16.2. The van der Waals surface area contributed by atoms with Gasteiger partial charge in [-0.3, -0.25) is 14.4 Å². The van der Waals surface area contributed by atoms with E-state index in [2.05, 4.69) is 81.7 Å². The monoisotopic (exact) mass is 736 g/mol. The number of rotatable bonds is 12. The average Bonchev–Trinajstić information content (AvgIpc) is 3.87. The molecule has 0 amide bonds. The van der Waals surface area contributed by atoms with Crippen molar-refractivity contribution in [2.24, 2.45) is 23.7 Å². The number of hydrogen-bond donors (Lipinski definition) is 4. The molecule has 1 saturated heterocycles. The summed E-state index contributed by atoms with van der Waals surface area (Å²) >= 11 is 0. The average molecular weight is 737 g/mol. The number of ether oxygens (including phenoxy) is 2. The molecule has 0 aromatic carbocycles. The molecule has 3 aromatic rings. The summed E-state index contributed by atoms with van der Waals surface area (Å²) in [6, 6.07) is 0. The van der Waals surface area contributed by atoms with Gasteiger partial charge in [-0.15, -0.1) is 0 Å². The molecule has 6 rings (SSSR count). The lowest BCUT2D eigenvalue weighted by molar-refractivity contribution is -0.143. The quantitative estimate of drug-likeness (QED) is 0.0836. The maximum Gasteiger partial charge on any atom is 0.321 e. The van der Waals surface area contributed by atoms with Crippen molar-refractivity contribution in [3.63, 3.8) is 0 Å². The van der Waals surface area contributed by atoms with Crippen molar-refractivity contribution >= 4 is 29.4 Å². The number of methoxy groups -OCH3 is 1. The van der Waals surface area contributed by atoms with Crippen LogP contribution in [0, 0.1) is 44.4 Å². The lowest BCUT2D eigenvalue weighted by Gasteiger charge is -2.19. The van der Waals surface area contributed by atoms with E-state index in [-0.39, 0.29) is 36.6 Å². The van der Waals surface area contributed by atoms with Crippen molar-refractivity contribution in [1.29, 1.82) is 0 Å². The van der Waals surface area contributed by atoms with Crippen LogP contribution >= 0.6 is 0 Å². The van der Waals surface area contributed by atoms with E-state index in [0.717, 1.165) is 66.1 Å². The minimum absolute atomic E-state index is 0.0387. The van der Waals surface area contributed by atoms with Crippen LogP contribution in [-0.4, -0.2) is 46.4 Å². The van der Waals surface area contributed by atoms with Crippen LogP contribution in [0.3, 0.4) is 0 Å². The fourth-order valence-electron chi connectivity index (χ4n) is 9.13. The highest BCUT2D eigenvalue weighted by atomic mass is 16.5. The Morgan fingerprint density at radius 1 is 0.926 bits per heavy atom. The number of carbonyl (C=O) groups is 3. The summed E-state index contributed by atoms with van der Waals surface area (Å²) in [6.45, 7) is 19.7. The summed E-state index contributed by atoms with van der Waals surface area (Å²) in [4.78, 5) is 52.3. The Hall–Kier alpha value is -4.53. The first-order valence-electron chi connectivity index (χ1n) is 20.1. The fraction of sp³-hybridized carbons (Fsp3) is 0.533. The molecule has 8 bridgehead atoms. The molecule has 9 heteroatoms. The number of aromatic nitrogens is 3. The first kappa shape index (κ1) is 39.2. The van der Waals surface area contributed by atoms with Crippen molar-refractivity contribution in [3.05, 3.63) is 90.6 Å². The van der Waals surface area contributed by atoms with Crippen molar-refractivity contribution in [2.75, 3.05) is 13.7 Å². The topological polar surface area (TPSA) is 129 Å². The third-order valence-corrected chi connectivity index (χ3v) is 12.4. The number of nitrogens with one attached hydrogen (secondary N) is 4. The van der Waals surface area contributed by atoms with Gasteiger partial charge in [0, 0.05) is 82.1 Å². The van der Waals surface area contributed by atoms with Crippen LogP contribution in [0.25, 0.3) is 11.6 Å². The fourth-order valence-corrected chi connectivity index (χ4v) is 9.13. The Morgan fingerprint density at radius 3 is 2.26 bits per heavy atom. The molecule has 1 fully saturated rings. The van der Waals surface area contributed by atoms with Crippen LogP contribution in [0.15, 0.2) is 23.0 Å². The van der Waals surface area contributed by atoms with Gasteiger partial charge in [-0.2, -0.15) is 0 Å². The zero-order valence-corrected chi connectivity index (χ0v) is 34.1. The molecule has 9 nitrogen and oxygen atoms in total. The third kappa shape index (κ3) is 7.30. The van der Waals surface area contributed by atoms with Gasteiger partial charge in [0.05, 0.1) is 12.8 Å². The summed E-state index contributed by atoms with van der Waals surface area (Å²) in [5.41, 5.74) is 16.3. The molecule has 4 N–H and O–H groups in total. The minimum Gasteiger partial charge on any atom is -0.468 e. The lowest BCUT2D eigenvalue weighted by Crippen LogP contribution is -2.25. The van der Waals surface area contributed by atoms with E-state index in [1.54, 1.807) is 0 Å². The zero-order valence-electron chi connectivity index (χ0n) is 34.1.